The maximum atomic E-state index is 11.0. The molecule has 2 rings (SSSR count). The quantitative estimate of drug-likeness (QED) is 0.584. The van der Waals surface area contributed by atoms with Crippen molar-refractivity contribution >= 4 is 11.4 Å². The molecule has 5 nitrogen and oxygen atoms in total. The van der Waals surface area contributed by atoms with Crippen LogP contribution in [0.5, 0.6) is 0 Å². The highest BCUT2D eigenvalue weighted by molar-refractivity contribution is 5.57. The lowest BCUT2D eigenvalue weighted by molar-refractivity contribution is -0.385. The summed E-state index contributed by atoms with van der Waals surface area (Å²) in [5.41, 5.74) is 2.24. The summed E-state index contributed by atoms with van der Waals surface area (Å²) in [7, 11) is 6.11. The monoisotopic (exact) mass is 263 g/mol. The van der Waals surface area contributed by atoms with Gasteiger partial charge in [0, 0.05) is 37.5 Å². The summed E-state index contributed by atoms with van der Waals surface area (Å²) in [6, 6.07) is 5.49. The van der Waals surface area contributed by atoms with Gasteiger partial charge in [0.25, 0.3) is 5.69 Å². The summed E-state index contributed by atoms with van der Waals surface area (Å²) < 4.78 is 0. The summed E-state index contributed by atoms with van der Waals surface area (Å²) in [5.74, 6) is 0.391. The number of anilines is 1. The molecule has 0 aliphatic heterocycles. The maximum absolute atomic E-state index is 11.0. The molecular weight excluding hydrogens is 242 g/mol. The van der Waals surface area contributed by atoms with Gasteiger partial charge in [-0.05, 0) is 45.0 Å². The Balaban J connectivity index is 2.18. The Morgan fingerprint density at radius 1 is 1.26 bits per heavy atom. The van der Waals surface area contributed by atoms with Crippen molar-refractivity contribution in [1.29, 1.82) is 0 Å². The molecule has 1 aliphatic carbocycles. The van der Waals surface area contributed by atoms with Crippen molar-refractivity contribution in [3.05, 3.63) is 33.9 Å². The fourth-order valence-electron chi connectivity index (χ4n) is 2.15. The molecule has 0 aromatic heterocycles. The highest BCUT2D eigenvalue weighted by Crippen LogP contribution is 2.45. The molecule has 0 spiro atoms. The molecule has 1 fully saturated rings. The molecule has 1 saturated carbocycles. The van der Waals surface area contributed by atoms with E-state index in [1.807, 2.05) is 33.3 Å². The predicted molar refractivity (Wildman–Crippen MR) is 76.9 cm³/mol. The Bertz CT molecular complexity index is 470. The first-order chi connectivity index (χ1) is 8.99. The van der Waals surface area contributed by atoms with E-state index < -0.39 is 0 Å². The largest absolute Gasteiger partial charge is 0.373 e. The van der Waals surface area contributed by atoms with Gasteiger partial charge in [0.05, 0.1) is 4.92 Å². The minimum absolute atomic E-state index is 0.267. The van der Waals surface area contributed by atoms with Gasteiger partial charge in [-0.1, -0.05) is 0 Å². The fourth-order valence-corrected chi connectivity index (χ4v) is 2.15. The van der Waals surface area contributed by atoms with E-state index in [0.29, 0.717) is 5.92 Å². The van der Waals surface area contributed by atoms with Gasteiger partial charge in [-0.15, -0.1) is 0 Å². The van der Waals surface area contributed by atoms with E-state index in [1.165, 1.54) is 0 Å². The predicted octanol–water partition coefficient (Wildman–Crippen LogP) is 2.47. The number of likely N-dealkylation sites (N-methyl/N-ethyl adjacent to an activating group) is 2. The van der Waals surface area contributed by atoms with Crippen LogP contribution in [0, 0.1) is 10.1 Å². The summed E-state index contributed by atoms with van der Waals surface area (Å²) >= 11 is 0. The number of hydrogen-bond donors (Lipinski definition) is 0. The average molecular weight is 263 g/mol. The number of nitrogens with zero attached hydrogens (tertiary/aromatic N) is 3. The van der Waals surface area contributed by atoms with E-state index in [4.69, 9.17) is 0 Å². The van der Waals surface area contributed by atoms with Gasteiger partial charge in [0.2, 0.25) is 0 Å². The first-order valence-corrected chi connectivity index (χ1v) is 6.63. The van der Waals surface area contributed by atoms with E-state index in [0.717, 1.165) is 37.2 Å². The molecule has 0 radical (unpaired) electrons. The normalized spacial score (nSPS) is 14.7. The van der Waals surface area contributed by atoms with Crippen molar-refractivity contribution in [3.8, 4) is 0 Å². The van der Waals surface area contributed by atoms with E-state index >= 15 is 0 Å². The molecule has 0 bridgehead atoms. The second-order valence-electron chi connectivity index (χ2n) is 5.50. The topological polar surface area (TPSA) is 49.6 Å². The molecule has 0 N–H and O–H groups in total. The minimum atomic E-state index is -0.267. The highest BCUT2D eigenvalue weighted by Gasteiger charge is 2.30. The lowest BCUT2D eigenvalue weighted by Crippen LogP contribution is -2.28. The molecule has 1 aromatic carbocycles. The Morgan fingerprint density at radius 2 is 1.95 bits per heavy atom. The zero-order valence-corrected chi connectivity index (χ0v) is 11.8. The zero-order chi connectivity index (χ0) is 14.0. The third-order valence-electron chi connectivity index (χ3n) is 3.55. The van der Waals surface area contributed by atoms with Gasteiger partial charge in [-0.3, -0.25) is 10.1 Å². The molecule has 1 aromatic rings. The molecule has 0 heterocycles. The van der Waals surface area contributed by atoms with Crippen LogP contribution < -0.4 is 4.90 Å². The molecule has 0 unspecified atom stereocenters. The van der Waals surface area contributed by atoms with Gasteiger partial charge in [-0.25, -0.2) is 0 Å². The van der Waals surface area contributed by atoms with E-state index in [-0.39, 0.29) is 10.6 Å². The molecule has 5 heteroatoms. The fraction of sp³-hybridized carbons (Fsp3) is 0.571. The van der Waals surface area contributed by atoms with Crippen LogP contribution in [0.3, 0.4) is 0 Å². The zero-order valence-electron chi connectivity index (χ0n) is 11.8. The molecule has 0 amide bonds. The van der Waals surface area contributed by atoms with Gasteiger partial charge in [-0.2, -0.15) is 0 Å². The summed E-state index contributed by atoms with van der Waals surface area (Å²) in [6.45, 7) is 1.88. The van der Waals surface area contributed by atoms with Crippen LogP contribution in [-0.2, 0) is 0 Å². The molecule has 0 atom stereocenters. The summed E-state index contributed by atoms with van der Waals surface area (Å²) in [5, 5.41) is 11.0. The molecule has 104 valence electrons. The van der Waals surface area contributed by atoms with Crippen molar-refractivity contribution < 1.29 is 4.92 Å². The van der Waals surface area contributed by atoms with Crippen LogP contribution in [0.1, 0.15) is 24.3 Å². The van der Waals surface area contributed by atoms with Gasteiger partial charge in [0.1, 0.15) is 0 Å². The second-order valence-corrected chi connectivity index (χ2v) is 5.50. The van der Waals surface area contributed by atoms with Crippen molar-refractivity contribution in [1.82, 2.24) is 4.90 Å². The van der Waals surface area contributed by atoms with Crippen LogP contribution in [0.25, 0.3) is 0 Å². The third kappa shape index (κ3) is 3.44. The maximum Gasteiger partial charge on any atom is 0.273 e. The van der Waals surface area contributed by atoms with Crippen LogP contribution in [0.4, 0.5) is 11.4 Å². The minimum Gasteiger partial charge on any atom is -0.373 e. The Labute approximate surface area is 114 Å². The standard InChI is InChI=1S/C14H21N3O2/c1-15(2)8-9-16(3)12-6-7-14(17(18)19)13(10-12)11-4-5-11/h6-7,10-11H,4-5,8-9H2,1-3H3. The van der Waals surface area contributed by atoms with E-state index in [9.17, 15) is 10.1 Å². The van der Waals surface area contributed by atoms with Crippen molar-refractivity contribution in [2.24, 2.45) is 0 Å². The smallest absolute Gasteiger partial charge is 0.273 e. The number of benzene rings is 1. The lowest BCUT2D eigenvalue weighted by atomic mass is 10.1. The van der Waals surface area contributed by atoms with E-state index in [1.54, 1.807) is 6.07 Å². The molecule has 0 saturated heterocycles. The van der Waals surface area contributed by atoms with Crippen LogP contribution in [-0.4, -0.2) is 44.1 Å². The van der Waals surface area contributed by atoms with Crippen molar-refractivity contribution in [3.63, 3.8) is 0 Å². The highest BCUT2D eigenvalue weighted by atomic mass is 16.6. The average Bonchev–Trinajstić information content (AvgIpc) is 3.19. The molecule has 19 heavy (non-hydrogen) atoms. The number of hydrogen-bond acceptors (Lipinski definition) is 4. The Morgan fingerprint density at radius 3 is 2.47 bits per heavy atom. The third-order valence-corrected chi connectivity index (χ3v) is 3.55. The van der Waals surface area contributed by atoms with Gasteiger partial charge in [0.15, 0.2) is 0 Å². The first kappa shape index (κ1) is 13.8. The second kappa shape index (κ2) is 5.57. The SMILES string of the molecule is CN(C)CCN(C)c1ccc([N+](=O)[O-])c(C2CC2)c1. The van der Waals surface area contributed by atoms with Crippen LogP contribution in [0.2, 0.25) is 0 Å². The van der Waals surface area contributed by atoms with Crippen LogP contribution in [0.15, 0.2) is 18.2 Å². The van der Waals surface area contributed by atoms with Crippen molar-refractivity contribution in [2.75, 3.05) is 39.1 Å². The summed E-state index contributed by atoms with van der Waals surface area (Å²) in [4.78, 5) is 15.0. The Hall–Kier alpha value is -1.62. The Kier molecular flexibility index (Phi) is 4.04. The number of nitro groups is 1. The van der Waals surface area contributed by atoms with Crippen LogP contribution >= 0.6 is 0 Å². The lowest BCUT2D eigenvalue weighted by Gasteiger charge is -2.22. The van der Waals surface area contributed by atoms with Gasteiger partial charge < -0.3 is 9.80 Å². The molecule has 1 aliphatic rings. The number of rotatable bonds is 6. The van der Waals surface area contributed by atoms with Gasteiger partial charge >= 0.3 is 0 Å². The summed E-state index contributed by atoms with van der Waals surface area (Å²) in [6.07, 6.45) is 2.15. The molecular formula is C14H21N3O2. The van der Waals surface area contributed by atoms with Crippen molar-refractivity contribution in [2.45, 2.75) is 18.8 Å². The van der Waals surface area contributed by atoms with E-state index in [2.05, 4.69) is 9.80 Å². The number of nitro benzene ring substituents is 1. The first-order valence-electron chi connectivity index (χ1n) is 6.63.